The van der Waals surface area contributed by atoms with Crippen LogP contribution in [-0.4, -0.2) is 48.9 Å². The molecule has 1 saturated heterocycles. The minimum atomic E-state index is -0.616. The maximum atomic E-state index is 12.4. The third kappa shape index (κ3) is 6.31. The molecule has 29 heavy (non-hydrogen) atoms. The van der Waals surface area contributed by atoms with Gasteiger partial charge in [-0.1, -0.05) is 54.1 Å². The normalized spacial score (nSPS) is 17.7. The van der Waals surface area contributed by atoms with Crippen LogP contribution >= 0.6 is 11.6 Å². The highest BCUT2D eigenvalue weighted by atomic mass is 35.5. The number of carbonyl (C=O) groups is 2. The van der Waals surface area contributed by atoms with E-state index in [0.29, 0.717) is 23.0 Å². The molecule has 154 valence electrons. The van der Waals surface area contributed by atoms with Crippen molar-refractivity contribution in [3.8, 4) is 0 Å². The van der Waals surface area contributed by atoms with Gasteiger partial charge in [0.2, 0.25) is 5.91 Å². The molecule has 3 rings (SSSR count). The van der Waals surface area contributed by atoms with Gasteiger partial charge in [-0.15, -0.1) is 0 Å². The van der Waals surface area contributed by atoms with Crippen LogP contribution in [0.1, 0.15) is 29.3 Å². The highest BCUT2D eigenvalue weighted by Gasteiger charge is 2.24. The van der Waals surface area contributed by atoms with Gasteiger partial charge in [-0.3, -0.25) is 9.59 Å². The van der Waals surface area contributed by atoms with Crippen LogP contribution in [0.4, 0.5) is 0 Å². The number of hydrogen-bond donors (Lipinski definition) is 2. The smallest absolute Gasteiger partial charge is 0.253 e. The Morgan fingerprint density at radius 1 is 1.14 bits per heavy atom. The van der Waals surface area contributed by atoms with Crippen molar-refractivity contribution in [3.05, 3.63) is 70.7 Å². The Morgan fingerprint density at radius 2 is 1.86 bits per heavy atom. The van der Waals surface area contributed by atoms with E-state index < -0.39 is 6.04 Å². The monoisotopic (exact) mass is 413 g/mol. The molecule has 2 amide bonds. The lowest BCUT2D eigenvalue weighted by molar-refractivity contribution is -0.122. The molecule has 1 heterocycles. The van der Waals surface area contributed by atoms with Crippen molar-refractivity contribution < 1.29 is 9.59 Å². The van der Waals surface area contributed by atoms with Gasteiger partial charge in [-0.05, 0) is 49.9 Å². The van der Waals surface area contributed by atoms with E-state index in [9.17, 15) is 9.59 Å². The predicted octanol–water partition coefficient (Wildman–Crippen LogP) is 3.14. The van der Waals surface area contributed by atoms with Crippen LogP contribution in [0.3, 0.4) is 0 Å². The molecule has 0 radical (unpaired) electrons. The van der Waals surface area contributed by atoms with E-state index in [-0.39, 0.29) is 11.8 Å². The van der Waals surface area contributed by atoms with Crippen LogP contribution in [0.25, 0.3) is 0 Å². The molecule has 0 aromatic heterocycles. The average Bonchev–Trinajstić information content (AvgIpc) is 3.19. The minimum absolute atomic E-state index is 0.173. The standard InChI is InChI=1S/C23H28ClN3O2/c1-17(26-23(29)20-9-5-6-10-21(20)24)22(28)25-15-19-12-14-27(16-19)13-11-18-7-3-2-4-8-18/h2-10,17,19H,11-16H2,1H3,(H,25,28)(H,26,29). The molecule has 1 fully saturated rings. The zero-order chi connectivity index (χ0) is 20.6. The van der Waals surface area contributed by atoms with Gasteiger partial charge in [-0.2, -0.15) is 0 Å². The van der Waals surface area contributed by atoms with E-state index in [2.05, 4.69) is 39.8 Å². The van der Waals surface area contributed by atoms with Crippen molar-refractivity contribution in [2.75, 3.05) is 26.2 Å². The van der Waals surface area contributed by atoms with Crippen LogP contribution in [0, 0.1) is 5.92 Å². The lowest BCUT2D eigenvalue weighted by Crippen LogP contribution is -2.46. The van der Waals surface area contributed by atoms with Crippen molar-refractivity contribution in [3.63, 3.8) is 0 Å². The van der Waals surface area contributed by atoms with Crippen LogP contribution in [0.5, 0.6) is 0 Å². The first-order valence-electron chi connectivity index (χ1n) is 10.1. The summed E-state index contributed by atoms with van der Waals surface area (Å²) < 4.78 is 0. The van der Waals surface area contributed by atoms with Gasteiger partial charge in [0, 0.05) is 19.6 Å². The van der Waals surface area contributed by atoms with Crippen molar-refractivity contribution in [1.29, 1.82) is 0 Å². The maximum Gasteiger partial charge on any atom is 0.253 e. The second kappa shape index (κ2) is 10.4. The largest absolute Gasteiger partial charge is 0.354 e. The molecule has 1 aliphatic rings. The summed E-state index contributed by atoms with van der Waals surface area (Å²) in [6.45, 7) is 5.41. The quantitative estimate of drug-likeness (QED) is 0.698. The van der Waals surface area contributed by atoms with E-state index in [1.807, 2.05) is 6.07 Å². The molecule has 2 aromatic carbocycles. The van der Waals surface area contributed by atoms with Crippen molar-refractivity contribution in [2.45, 2.75) is 25.8 Å². The number of nitrogens with zero attached hydrogens (tertiary/aromatic N) is 1. The fraction of sp³-hybridized carbons (Fsp3) is 0.391. The summed E-state index contributed by atoms with van der Waals surface area (Å²) in [7, 11) is 0. The summed E-state index contributed by atoms with van der Waals surface area (Å²) in [5.74, 6) is -0.0689. The number of halogens is 1. The van der Waals surface area contributed by atoms with E-state index in [1.165, 1.54) is 5.56 Å². The highest BCUT2D eigenvalue weighted by Crippen LogP contribution is 2.16. The molecule has 0 bridgehead atoms. The molecule has 2 atom stereocenters. The summed E-state index contributed by atoms with van der Waals surface area (Å²) in [5.41, 5.74) is 1.73. The Hall–Kier alpha value is -2.37. The van der Waals surface area contributed by atoms with Gasteiger partial charge >= 0.3 is 0 Å². The molecular formula is C23H28ClN3O2. The Labute approximate surface area is 177 Å². The second-order valence-corrected chi connectivity index (χ2v) is 8.02. The Kier molecular flexibility index (Phi) is 7.67. The summed E-state index contributed by atoms with van der Waals surface area (Å²) in [4.78, 5) is 27.1. The molecule has 0 spiro atoms. The first-order chi connectivity index (χ1) is 14.0. The first-order valence-corrected chi connectivity index (χ1v) is 10.5. The minimum Gasteiger partial charge on any atom is -0.354 e. The number of likely N-dealkylation sites (tertiary alicyclic amines) is 1. The third-order valence-electron chi connectivity index (χ3n) is 5.35. The van der Waals surface area contributed by atoms with Crippen LogP contribution in [0.2, 0.25) is 5.02 Å². The van der Waals surface area contributed by atoms with Crippen LogP contribution < -0.4 is 10.6 Å². The Balaban J connectivity index is 1.38. The van der Waals surface area contributed by atoms with Crippen LogP contribution in [0.15, 0.2) is 54.6 Å². The number of rotatable bonds is 8. The molecule has 2 aromatic rings. The molecule has 2 N–H and O–H groups in total. The van der Waals surface area contributed by atoms with Crippen molar-refractivity contribution in [1.82, 2.24) is 15.5 Å². The Bertz CT molecular complexity index is 828. The summed E-state index contributed by atoms with van der Waals surface area (Å²) in [6, 6.07) is 16.7. The SMILES string of the molecule is CC(NC(=O)c1ccccc1Cl)C(=O)NCC1CCN(CCc2ccccc2)C1. The number of nitrogens with one attached hydrogen (secondary N) is 2. The number of hydrogen-bond acceptors (Lipinski definition) is 3. The van der Waals surface area contributed by atoms with Crippen LogP contribution in [-0.2, 0) is 11.2 Å². The van der Waals surface area contributed by atoms with E-state index in [0.717, 1.165) is 32.5 Å². The topological polar surface area (TPSA) is 61.4 Å². The fourth-order valence-corrected chi connectivity index (χ4v) is 3.82. The number of carbonyl (C=O) groups excluding carboxylic acids is 2. The molecular weight excluding hydrogens is 386 g/mol. The molecule has 2 unspecified atom stereocenters. The van der Waals surface area contributed by atoms with Crippen molar-refractivity contribution in [2.24, 2.45) is 5.92 Å². The van der Waals surface area contributed by atoms with Gasteiger partial charge in [-0.25, -0.2) is 0 Å². The lowest BCUT2D eigenvalue weighted by atomic mass is 10.1. The first kappa shape index (κ1) is 21.3. The average molecular weight is 414 g/mol. The van der Waals surface area contributed by atoms with E-state index in [4.69, 9.17) is 11.6 Å². The fourth-order valence-electron chi connectivity index (χ4n) is 3.60. The second-order valence-electron chi connectivity index (χ2n) is 7.61. The van der Waals surface area contributed by atoms with E-state index >= 15 is 0 Å². The number of amides is 2. The van der Waals surface area contributed by atoms with Gasteiger partial charge in [0.05, 0.1) is 10.6 Å². The van der Waals surface area contributed by atoms with E-state index in [1.54, 1.807) is 31.2 Å². The highest BCUT2D eigenvalue weighted by molar-refractivity contribution is 6.33. The maximum absolute atomic E-state index is 12.4. The summed E-state index contributed by atoms with van der Waals surface area (Å²) in [6.07, 6.45) is 2.13. The zero-order valence-corrected chi connectivity index (χ0v) is 17.5. The molecule has 0 saturated carbocycles. The molecule has 1 aliphatic heterocycles. The van der Waals surface area contributed by atoms with Crippen molar-refractivity contribution >= 4 is 23.4 Å². The van der Waals surface area contributed by atoms with Gasteiger partial charge in [0.25, 0.3) is 5.91 Å². The third-order valence-corrected chi connectivity index (χ3v) is 5.68. The lowest BCUT2D eigenvalue weighted by Gasteiger charge is -2.18. The number of benzene rings is 2. The van der Waals surface area contributed by atoms with Gasteiger partial charge in [0.15, 0.2) is 0 Å². The van der Waals surface area contributed by atoms with Gasteiger partial charge < -0.3 is 15.5 Å². The zero-order valence-electron chi connectivity index (χ0n) is 16.7. The summed E-state index contributed by atoms with van der Waals surface area (Å²) >= 11 is 6.04. The van der Waals surface area contributed by atoms with Gasteiger partial charge in [0.1, 0.15) is 6.04 Å². The Morgan fingerprint density at radius 3 is 2.62 bits per heavy atom. The summed E-state index contributed by atoms with van der Waals surface area (Å²) in [5, 5.41) is 6.06. The predicted molar refractivity (Wildman–Crippen MR) is 116 cm³/mol. The molecule has 6 heteroatoms. The molecule has 5 nitrogen and oxygen atoms in total. The molecule has 0 aliphatic carbocycles.